The van der Waals surface area contributed by atoms with E-state index >= 15 is 0 Å². The Kier molecular flexibility index (Phi) is 6.69. The number of likely N-dealkylation sites (tertiary alicyclic amines) is 1. The van der Waals surface area contributed by atoms with Crippen LogP contribution in [0, 0.1) is 17.8 Å². The zero-order valence-corrected chi connectivity index (χ0v) is 18.9. The van der Waals surface area contributed by atoms with Crippen molar-refractivity contribution in [3.8, 4) is 0 Å². The van der Waals surface area contributed by atoms with Crippen LogP contribution in [-0.4, -0.2) is 47.2 Å². The fourth-order valence-electron chi connectivity index (χ4n) is 5.96. The van der Waals surface area contributed by atoms with Gasteiger partial charge in [0.05, 0.1) is 11.8 Å². The van der Waals surface area contributed by atoms with Gasteiger partial charge in [0, 0.05) is 19.1 Å². The number of aliphatic imine (C=N–C) groups is 1. The Labute approximate surface area is 194 Å². The first kappa shape index (κ1) is 23.2. The van der Waals surface area contributed by atoms with E-state index in [1.54, 1.807) is 0 Å². The van der Waals surface area contributed by atoms with Gasteiger partial charge in [-0.1, -0.05) is 49.6 Å². The second-order valence-electron chi connectivity index (χ2n) is 9.57. The maximum atomic E-state index is 13.7. The Hall–Kier alpha value is -2.94. The number of guanidine groups is 1. The first-order chi connectivity index (χ1) is 15.8. The number of imide groups is 1. The molecule has 3 fully saturated rings. The molecule has 4 rings (SSSR count). The van der Waals surface area contributed by atoms with E-state index in [0.29, 0.717) is 25.4 Å². The number of fused-ring (bicyclic) bond motifs is 1. The van der Waals surface area contributed by atoms with Crippen LogP contribution in [0.3, 0.4) is 0 Å². The van der Waals surface area contributed by atoms with Crippen molar-refractivity contribution in [2.75, 3.05) is 13.1 Å². The zero-order valence-electron chi connectivity index (χ0n) is 18.9. The standard InChI is InChI=1S/C24H34N6O3/c25-22(33)24(12-7-13-28-23(26)27)18-17(19(29-24)16-10-5-2-6-11-16)20(31)30(21(18)32)14-15-8-3-1-4-9-15/h2,5-6,10-11,15,17-19,29H,1,3-4,7-9,12-14H2,(H2,25,33)(H4,26,27,28). The van der Waals surface area contributed by atoms with E-state index < -0.39 is 29.3 Å². The first-order valence-electron chi connectivity index (χ1n) is 11.9. The molecule has 9 heteroatoms. The average molecular weight is 455 g/mol. The van der Waals surface area contributed by atoms with Gasteiger partial charge in [0.15, 0.2) is 5.96 Å². The maximum Gasteiger partial charge on any atom is 0.238 e. The smallest absolute Gasteiger partial charge is 0.238 e. The number of amides is 3. The Morgan fingerprint density at radius 2 is 1.76 bits per heavy atom. The Morgan fingerprint density at radius 1 is 1.06 bits per heavy atom. The predicted molar refractivity (Wildman–Crippen MR) is 124 cm³/mol. The fourth-order valence-corrected chi connectivity index (χ4v) is 5.96. The second kappa shape index (κ2) is 9.51. The van der Waals surface area contributed by atoms with Crippen LogP contribution in [0.25, 0.3) is 0 Å². The highest BCUT2D eigenvalue weighted by molar-refractivity contribution is 6.10. The number of hydrogen-bond donors (Lipinski definition) is 4. The number of benzene rings is 1. The van der Waals surface area contributed by atoms with Crippen LogP contribution in [0.1, 0.15) is 56.6 Å². The quantitative estimate of drug-likeness (QED) is 0.197. The van der Waals surface area contributed by atoms with Crippen molar-refractivity contribution in [2.24, 2.45) is 39.9 Å². The first-order valence-corrected chi connectivity index (χ1v) is 11.9. The highest BCUT2D eigenvalue weighted by Gasteiger charge is 2.67. The topological polar surface area (TPSA) is 157 Å². The molecule has 1 aliphatic carbocycles. The molecule has 0 radical (unpaired) electrons. The lowest BCUT2D eigenvalue weighted by atomic mass is 9.76. The molecule has 1 saturated carbocycles. The molecule has 9 nitrogen and oxygen atoms in total. The molecule has 4 unspecified atom stereocenters. The van der Waals surface area contributed by atoms with Crippen molar-refractivity contribution in [3.05, 3.63) is 35.9 Å². The van der Waals surface area contributed by atoms with E-state index in [-0.39, 0.29) is 24.2 Å². The summed E-state index contributed by atoms with van der Waals surface area (Å²) in [5.74, 6) is -2.34. The monoisotopic (exact) mass is 454 g/mol. The third kappa shape index (κ3) is 4.34. The molecule has 33 heavy (non-hydrogen) atoms. The van der Waals surface area contributed by atoms with E-state index in [4.69, 9.17) is 17.2 Å². The molecule has 2 heterocycles. The Morgan fingerprint density at radius 3 is 2.39 bits per heavy atom. The Bertz CT molecular complexity index is 925. The van der Waals surface area contributed by atoms with Crippen molar-refractivity contribution < 1.29 is 14.4 Å². The van der Waals surface area contributed by atoms with Gasteiger partial charge in [-0.15, -0.1) is 0 Å². The van der Waals surface area contributed by atoms with E-state index in [1.165, 1.54) is 11.3 Å². The molecule has 1 aromatic carbocycles. The number of nitrogens with two attached hydrogens (primary N) is 3. The molecule has 0 bridgehead atoms. The Balaban J connectivity index is 1.67. The van der Waals surface area contributed by atoms with E-state index in [9.17, 15) is 14.4 Å². The van der Waals surface area contributed by atoms with Crippen LogP contribution in [0.2, 0.25) is 0 Å². The number of rotatable bonds is 8. The summed E-state index contributed by atoms with van der Waals surface area (Å²) in [6, 6.07) is 9.01. The minimum atomic E-state index is -1.34. The van der Waals surface area contributed by atoms with Crippen LogP contribution in [0.4, 0.5) is 0 Å². The summed E-state index contributed by atoms with van der Waals surface area (Å²) in [4.78, 5) is 45.7. The summed E-state index contributed by atoms with van der Waals surface area (Å²) in [5.41, 5.74) is 16.3. The maximum absolute atomic E-state index is 13.7. The van der Waals surface area contributed by atoms with Crippen LogP contribution >= 0.6 is 0 Å². The highest BCUT2D eigenvalue weighted by Crippen LogP contribution is 2.50. The molecule has 4 atom stereocenters. The number of carbonyl (C=O) groups excluding carboxylic acids is 3. The number of primary amides is 1. The minimum absolute atomic E-state index is 0.0340. The van der Waals surface area contributed by atoms with Crippen LogP contribution in [-0.2, 0) is 14.4 Å². The zero-order chi connectivity index (χ0) is 23.6. The molecule has 7 N–H and O–H groups in total. The van der Waals surface area contributed by atoms with E-state index in [1.807, 2.05) is 30.3 Å². The third-order valence-corrected chi connectivity index (χ3v) is 7.53. The fraction of sp³-hybridized carbons (Fsp3) is 0.583. The molecule has 0 aromatic heterocycles. The van der Waals surface area contributed by atoms with Crippen LogP contribution < -0.4 is 22.5 Å². The second-order valence-corrected chi connectivity index (χ2v) is 9.57. The van der Waals surface area contributed by atoms with Gasteiger partial charge in [-0.05, 0) is 37.2 Å². The molecular weight excluding hydrogens is 420 g/mol. The third-order valence-electron chi connectivity index (χ3n) is 7.53. The summed E-state index contributed by atoms with van der Waals surface area (Å²) >= 11 is 0. The van der Waals surface area contributed by atoms with Crippen molar-refractivity contribution in [1.82, 2.24) is 10.2 Å². The van der Waals surface area contributed by atoms with Gasteiger partial charge in [-0.2, -0.15) is 0 Å². The summed E-state index contributed by atoms with van der Waals surface area (Å²) in [6.07, 6.45) is 6.20. The van der Waals surface area contributed by atoms with Gasteiger partial charge in [0.1, 0.15) is 5.54 Å². The minimum Gasteiger partial charge on any atom is -0.370 e. The SMILES string of the molecule is NC(=O)C1(CCCN=C(N)N)NC(c2ccccc2)C2C(=O)N(CC3CCCCC3)C(=O)C21. The predicted octanol–water partition coefficient (Wildman–Crippen LogP) is 0.790. The lowest BCUT2D eigenvalue weighted by Crippen LogP contribution is -2.58. The van der Waals surface area contributed by atoms with Crippen LogP contribution in [0.5, 0.6) is 0 Å². The molecule has 178 valence electrons. The number of nitrogens with one attached hydrogen (secondary N) is 1. The van der Waals surface area contributed by atoms with Gasteiger partial charge < -0.3 is 17.2 Å². The lowest BCUT2D eigenvalue weighted by molar-refractivity contribution is -0.144. The van der Waals surface area contributed by atoms with Crippen molar-refractivity contribution in [1.29, 1.82) is 0 Å². The summed E-state index contributed by atoms with van der Waals surface area (Å²) in [7, 11) is 0. The molecular formula is C24H34N6O3. The van der Waals surface area contributed by atoms with Crippen molar-refractivity contribution in [2.45, 2.75) is 56.5 Å². The average Bonchev–Trinajstić information content (AvgIpc) is 3.28. The lowest BCUT2D eigenvalue weighted by Gasteiger charge is -2.33. The van der Waals surface area contributed by atoms with Crippen molar-refractivity contribution in [3.63, 3.8) is 0 Å². The molecule has 2 aliphatic heterocycles. The summed E-state index contributed by atoms with van der Waals surface area (Å²) in [5, 5.41) is 3.34. The van der Waals surface area contributed by atoms with Gasteiger partial charge in [0.2, 0.25) is 17.7 Å². The molecule has 3 amide bonds. The van der Waals surface area contributed by atoms with Crippen LogP contribution in [0.15, 0.2) is 35.3 Å². The molecule has 3 aliphatic rings. The highest BCUT2D eigenvalue weighted by atomic mass is 16.2. The number of carbonyl (C=O) groups is 3. The molecule has 0 spiro atoms. The molecule has 2 saturated heterocycles. The van der Waals surface area contributed by atoms with Gasteiger partial charge >= 0.3 is 0 Å². The van der Waals surface area contributed by atoms with E-state index in [2.05, 4.69) is 10.3 Å². The van der Waals surface area contributed by atoms with Gasteiger partial charge in [-0.3, -0.25) is 29.6 Å². The normalized spacial score (nSPS) is 29.8. The van der Waals surface area contributed by atoms with Gasteiger partial charge in [-0.25, -0.2) is 0 Å². The van der Waals surface area contributed by atoms with Crippen molar-refractivity contribution >= 4 is 23.7 Å². The number of nitrogens with zero attached hydrogens (tertiary/aromatic N) is 2. The summed E-state index contributed by atoms with van der Waals surface area (Å²) in [6.45, 7) is 0.732. The van der Waals surface area contributed by atoms with Gasteiger partial charge in [0.25, 0.3) is 0 Å². The largest absolute Gasteiger partial charge is 0.370 e. The van der Waals surface area contributed by atoms with E-state index in [0.717, 1.165) is 31.2 Å². The molecule has 1 aromatic rings. The number of hydrogen-bond acceptors (Lipinski definition) is 5. The summed E-state index contributed by atoms with van der Waals surface area (Å²) < 4.78 is 0.